The Balaban J connectivity index is 1.46. The number of carbonyl (C=O) groups is 2. The normalized spacial score (nSPS) is 10.8. The molecule has 0 atom stereocenters. The van der Waals surface area contributed by atoms with Crippen LogP contribution in [-0.4, -0.2) is 33.7 Å². The monoisotopic (exact) mass is 470 g/mol. The maximum atomic E-state index is 12.6. The molecule has 0 unspecified atom stereocenters. The van der Waals surface area contributed by atoms with Crippen molar-refractivity contribution in [1.29, 1.82) is 0 Å². The smallest absolute Gasteiger partial charge is 0.349 e. The van der Waals surface area contributed by atoms with Crippen molar-refractivity contribution in [2.24, 2.45) is 0 Å². The minimum absolute atomic E-state index is 0.0799. The number of benzene rings is 2. The number of carbonyl (C=O) groups excluding carboxylic acids is 2. The highest BCUT2D eigenvalue weighted by molar-refractivity contribution is 7.21. The molecule has 2 heterocycles. The highest BCUT2D eigenvalue weighted by Gasteiger charge is 2.18. The number of aromatic nitrogens is 2. The van der Waals surface area contributed by atoms with Gasteiger partial charge in [0.25, 0.3) is 5.91 Å². The van der Waals surface area contributed by atoms with E-state index in [1.54, 1.807) is 42.5 Å². The van der Waals surface area contributed by atoms with Gasteiger partial charge < -0.3 is 10.1 Å². The van der Waals surface area contributed by atoms with Gasteiger partial charge in [0.15, 0.2) is 0 Å². The van der Waals surface area contributed by atoms with Crippen LogP contribution in [0.1, 0.15) is 25.6 Å². The second-order valence-electron chi connectivity index (χ2n) is 6.75. The highest BCUT2D eigenvalue weighted by Crippen LogP contribution is 2.37. The summed E-state index contributed by atoms with van der Waals surface area (Å²) in [6.07, 6.45) is 2.53. The number of nitrogens with one attached hydrogen (secondary N) is 1. The summed E-state index contributed by atoms with van der Waals surface area (Å²) in [4.78, 5) is 35.0. The molecule has 0 saturated heterocycles. The summed E-state index contributed by atoms with van der Waals surface area (Å²) in [6, 6.07) is 12.0. The second kappa shape index (κ2) is 8.77. The number of hydrogen-bond donors (Lipinski definition) is 1. The maximum Gasteiger partial charge on any atom is 0.349 e. The molecular formula is C21H15ClN4O5S. The van der Waals surface area contributed by atoms with Gasteiger partial charge in [-0.3, -0.25) is 19.6 Å². The molecule has 0 bridgehead atoms. The number of ether oxygens (including phenoxy) is 1. The van der Waals surface area contributed by atoms with Crippen molar-refractivity contribution in [1.82, 2.24) is 9.78 Å². The zero-order chi connectivity index (χ0) is 22.8. The summed E-state index contributed by atoms with van der Waals surface area (Å²) in [7, 11) is 1.29. The van der Waals surface area contributed by atoms with Crippen LogP contribution >= 0.6 is 22.9 Å². The molecule has 2 aromatic carbocycles. The van der Waals surface area contributed by atoms with Gasteiger partial charge in [-0.2, -0.15) is 5.10 Å². The van der Waals surface area contributed by atoms with Crippen LogP contribution in [0.2, 0.25) is 5.02 Å². The molecule has 1 N–H and O–H groups in total. The quantitative estimate of drug-likeness (QED) is 0.247. The predicted molar refractivity (Wildman–Crippen MR) is 121 cm³/mol. The van der Waals surface area contributed by atoms with E-state index >= 15 is 0 Å². The fourth-order valence-corrected chi connectivity index (χ4v) is 4.52. The number of fused-ring (bicyclic) bond motifs is 1. The highest BCUT2D eigenvalue weighted by atomic mass is 35.5. The number of rotatable bonds is 6. The Morgan fingerprint density at radius 3 is 2.66 bits per heavy atom. The standard InChI is InChI=1S/C21H15ClN4O5S/c1-31-21(28)19-18(22)16-7-6-14(8-17(16)32-19)24-20(27)13-4-2-12(3-5-13)10-25-11-15(9-23-25)26(29)30/h2-9,11H,10H2,1H3,(H,24,27). The van der Waals surface area contributed by atoms with E-state index in [2.05, 4.69) is 10.4 Å². The maximum absolute atomic E-state index is 12.6. The van der Waals surface area contributed by atoms with Crippen molar-refractivity contribution in [3.63, 3.8) is 0 Å². The minimum atomic E-state index is -0.508. The lowest BCUT2D eigenvalue weighted by Gasteiger charge is -2.07. The Bertz CT molecular complexity index is 1350. The molecule has 9 nitrogen and oxygen atoms in total. The molecule has 0 aliphatic carbocycles. The molecule has 0 radical (unpaired) electrons. The first kappa shape index (κ1) is 21.5. The molecule has 11 heteroatoms. The fraction of sp³-hybridized carbons (Fsp3) is 0.0952. The van der Waals surface area contributed by atoms with E-state index < -0.39 is 10.9 Å². The number of nitrogens with zero attached hydrogens (tertiary/aromatic N) is 3. The average Bonchev–Trinajstić information content (AvgIpc) is 3.38. The summed E-state index contributed by atoms with van der Waals surface area (Å²) < 4.78 is 6.94. The van der Waals surface area contributed by atoms with Gasteiger partial charge in [-0.25, -0.2) is 4.79 Å². The number of hydrogen-bond acceptors (Lipinski definition) is 7. The first-order chi connectivity index (χ1) is 15.4. The lowest BCUT2D eigenvalue weighted by atomic mass is 10.1. The van der Waals surface area contributed by atoms with Gasteiger partial charge in [-0.1, -0.05) is 23.7 Å². The van der Waals surface area contributed by atoms with Crippen LogP contribution in [0.3, 0.4) is 0 Å². The van der Waals surface area contributed by atoms with E-state index in [1.165, 1.54) is 35.5 Å². The lowest BCUT2D eigenvalue weighted by molar-refractivity contribution is -0.385. The fourth-order valence-electron chi connectivity index (χ4n) is 3.05. The number of thiophene rings is 1. The summed E-state index contributed by atoms with van der Waals surface area (Å²) in [5.41, 5.74) is 1.76. The van der Waals surface area contributed by atoms with Gasteiger partial charge in [0.2, 0.25) is 0 Å². The summed E-state index contributed by atoms with van der Waals surface area (Å²) in [6.45, 7) is 0.341. The largest absolute Gasteiger partial charge is 0.465 e. The first-order valence-electron chi connectivity index (χ1n) is 9.23. The van der Waals surface area contributed by atoms with Crippen molar-refractivity contribution in [3.8, 4) is 0 Å². The topological polar surface area (TPSA) is 116 Å². The first-order valence-corrected chi connectivity index (χ1v) is 10.4. The van der Waals surface area contributed by atoms with Crippen molar-refractivity contribution < 1.29 is 19.2 Å². The van der Waals surface area contributed by atoms with Gasteiger partial charge >= 0.3 is 11.7 Å². The summed E-state index contributed by atoms with van der Waals surface area (Å²) in [5, 5.41) is 18.6. The Labute approximate surface area is 190 Å². The number of halogens is 1. The van der Waals surface area contributed by atoms with Crippen LogP contribution < -0.4 is 5.32 Å². The number of amides is 1. The Morgan fingerprint density at radius 1 is 1.25 bits per heavy atom. The van der Waals surface area contributed by atoms with E-state index in [0.717, 1.165) is 10.3 Å². The van der Waals surface area contributed by atoms with Crippen LogP contribution in [0.15, 0.2) is 54.9 Å². The Morgan fingerprint density at radius 2 is 2.00 bits per heavy atom. The number of esters is 1. The van der Waals surface area contributed by atoms with Crippen molar-refractivity contribution >= 4 is 56.3 Å². The predicted octanol–water partition coefficient (Wildman–Crippen LogP) is 4.75. The van der Waals surface area contributed by atoms with Crippen molar-refractivity contribution in [3.05, 3.63) is 86.0 Å². The van der Waals surface area contributed by atoms with Crippen LogP contribution in [0.5, 0.6) is 0 Å². The molecule has 0 aliphatic heterocycles. The van der Waals surface area contributed by atoms with E-state index in [-0.39, 0.29) is 11.6 Å². The van der Waals surface area contributed by atoms with Crippen LogP contribution in [0.4, 0.5) is 11.4 Å². The SMILES string of the molecule is COC(=O)c1sc2cc(NC(=O)c3ccc(Cn4cc([N+](=O)[O-])cn4)cc3)ccc2c1Cl. The van der Waals surface area contributed by atoms with E-state index in [0.29, 0.717) is 33.1 Å². The number of anilines is 1. The molecule has 4 rings (SSSR count). The molecule has 4 aromatic rings. The van der Waals surface area contributed by atoms with Crippen LogP contribution in [0.25, 0.3) is 10.1 Å². The van der Waals surface area contributed by atoms with Gasteiger partial charge in [-0.15, -0.1) is 11.3 Å². The molecule has 0 fully saturated rings. The minimum Gasteiger partial charge on any atom is -0.465 e. The third-order valence-electron chi connectivity index (χ3n) is 4.65. The van der Waals surface area contributed by atoms with Gasteiger partial charge in [0.05, 0.1) is 23.6 Å². The van der Waals surface area contributed by atoms with E-state index in [1.807, 2.05) is 0 Å². The number of methoxy groups -OCH3 is 1. The number of nitro groups is 1. The van der Waals surface area contributed by atoms with Gasteiger partial charge in [0, 0.05) is 21.3 Å². The second-order valence-corrected chi connectivity index (χ2v) is 8.18. The van der Waals surface area contributed by atoms with E-state index in [4.69, 9.17) is 16.3 Å². The molecule has 2 aromatic heterocycles. The van der Waals surface area contributed by atoms with Crippen molar-refractivity contribution in [2.45, 2.75) is 6.54 Å². The lowest BCUT2D eigenvalue weighted by Crippen LogP contribution is -2.12. The van der Waals surface area contributed by atoms with Crippen LogP contribution in [0, 0.1) is 10.1 Å². The molecule has 32 heavy (non-hydrogen) atoms. The third kappa shape index (κ3) is 4.32. The Hall–Kier alpha value is -3.76. The summed E-state index contributed by atoms with van der Waals surface area (Å²) >= 11 is 7.45. The Kier molecular flexibility index (Phi) is 5.89. The average molecular weight is 471 g/mol. The summed E-state index contributed by atoms with van der Waals surface area (Å²) in [5.74, 6) is -0.812. The molecular weight excluding hydrogens is 456 g/mol. The zero-order valence-corrected chi connectivity index (χ0v) is 18.1. The molecule has 0 saturated carbocycles. The zero-order valence-electron chi connectivity index (χ0n) is 16.6. The molecule has 162 valence electrons. The molecule has 1 amide bonds. The van der Waals surface area contributed by atoms with Gasteiger partial charge in [0.1, 0.15) is 17.3 Å². The molecule has 0 spiro atoms. The molecule has 0 aliphatic rings. The van der Waals surface area contributed by atoms with E-state index in [9.17, 15) is 19.7 Å². The third-order valence-corrected chi connectivity index (χ3v) is 6.29. The van der Waals surface area contributed by atoms with Gasteiger partial charge in [-0.05, 0) is 35.9 Å². The van der Waals surface area contributed by atoms with Crippen LogP contribution in [-0.2, 0) is 11.3 Å². The van der Waals surface area contributed by atoms with Crippen molar-refractivity contribution in [2.75, 3.05) is 12.4 Å².